The van der Waals surface area contributed by atoms with Gasteiger partial charge in [-0.1, -0.05) is 29.8 Å². The van der Waals surface area contributed by atoms with Gasteiger partial charge in [-0.25, -0.2) is 0 Å². The summed E-state index contributed by atoms with van der Waals surface area (Å²) in [5, 5.41) is 2.92. The number of benzene rings is 2. The Morgan fingerprint density at radius 2 is 2.04 bits per heavy atom. The van der Waals surface area contributed by atoms with Gasteiger partial charge < -0.3 is 14.8 Å². The maximum absolute atomic E-state index is 12.4. The first kappa shape index (κ1) is 17.3. The van der Waals surface area contributed by atoms with Gasteiger partial charge in [-0.3, -0.25) is 4.79 Å². The second-order valence-electron chi connectivity index (χ2n) is 5.09. The first-order valence-electron chi connectivity index (χ1n) is 7.39. The second kappa shape index (κ2) is 8.02. The number of nitrogens with one attached hydrogen (secondary N) is 1. The smallest absolute Gasteiger partial charge is 0.251 e. The largest absolute Gasteiger partial charge is 0.493 e. The average molecular weight is 378 g/mol. The molecule has 0 saturated carbocycles. The van der Waals surface area contributed by atoms with Crippen LogP contribution in [0.15, 0.2) is 40.9 Å². The number of rotatable bonds is 6. The van der Waals surface area contributed by atoms with Crippen molar-refractivity contribution in [2.45, 2.75) is 20.4 Å². The zero-order chi connectivity index (χ0) is 16.8. The summed E-state index contributed by atoms with van der Waals surface area (Å²) in [5.41, 5.74) is 2.75. The third kappa shape index (κ3) is 4.48. The predicted octanol–water partition coefficient (Wildman–Crippen LogP) is 4.09. The molecule has 2 aromatic rings. The maximum atomic E-state index is 12.4. The number of carbonyl (C=O) groups excluding carboxylic acids is 1. The van der Waals surface area contributed by atoms with Crippen LogP contribution in [0.3, 0.4) is 0 Å². The van der Waals surface area contributed by atoms with Crippen molar-refractivity contribution in [1.82, 2.24) is 5.32 Å². The van der Waals surface area contributed by atoms with Crippen molar-refractivity contribution >= 4 is 21.8 Å². The molecular weight excluding hydrogens is 358 g/mol. The van der Waals surface area contributed by atoms with Crippen molar-refractivity contribution < 1.29 is 14.3 Å². The fraction of sp³-hybridized carbons (Fsp3) is 0.278. The van der Waals surface area contributed by atoms with Crippen LogP contribution < -0.4 is 14.8 Å². The molecule has 1 N–H and O–H groups in total. The van der Waals surface area contributed by atoms with E-state index in [-0.39, 0.29) is 5.91 Å². The highest BCUT2D eigenvalue weighted by Gasteiger charge is 2.15. The third-order valence-corrected chi connectivity index (χ3v) is 3.90. The summed E-state index contributed by atoms with van der Waals surface area (Å²) in [4.78, 5) is 12.4. The van der Waals surface area contributed by atoms with Crippen molar-refractivity contribution in [2.24, 2.45) is 0 Å². The summed E-state index contributed by atoms with van der Waals surface area (Å²) in [6.07, 6.45) is 0. The molecule has 0 heterocycles. The van der Waals surface area contributed by atoms with E-state index in [2.05, 4.69) is 27.3 Å². The van der Waals surface area contributed by atoms with E-state index in [0.717, 1.165) is 5.56 Å². The van der Waals surface area contributed by atoms with Gasteiger partial charge in [0.15, 0.2) is 11.5 Å². The Morgan fingerprint density at radius 3 is 2.70 bits per heavy atom. The number of hydrogen-bond acceptors (Lipinski definition) is 3. The number of hydrogen-bond donors (Lipinski definition) is 1. The lowest BCUT2D eigenvalue weighted by Crippen LogP contribution is -2.23. The van der Waals surface area contributed by atoms with Crippen LogP contribution >= 0.6 is 15.9 Å². The summed E-state index contributed by atoms with van der Waals surface area (Å²) < 4.78 is 11.5. The lowest BCUT2D eigenvalue weighted by Gasteiger charge is -2.13. The van der Waals surface area contributed by atoms with E-state index in [1.54, 1.807) is 19.2 Å². The van der Waals surface area contributed by atoms with E-state index in [1.165, 1.54) is 5.56 Å². The Hall–Kier alpha value is -2.01. The van der Waals surface area contributed by atoms with Crippen LogP contribution in [0.4, 0.5) is 0 Å². The van der Waals surface area contributed by atoms with Crippen molar-refractivity contribution in [3.05, 3.63) is 57.6 Å². The highest BCUT2D eigenvalue weighted by atomic mass is 79.9. The van der Waals surface area contributed by atoms with Gasteiger partial charge in [-0.2, -0.15) is 0 Å². The molecule has 122 valence electrons. The van der Waals surface area contributed by atoms with Crippen molar-refractivity contribution in [1.29, 1.82) is 0 Å². The first-order chi connectivity index (χ1) is 11.0. The topological polar surface area (TPSA) is 47.6 Å². The molecule has 4 nitrogen and oxygen atoms in total. The van der Waals surface area contributed by atoms with Crippen LogP contribution in [0.25, 0.3) is 0 Å². The van der Waals surface area contributed by atoms with Crippen LogP contribution in [0.1, 0.15) is 28.4 Å². The van der Waals surface area contributed by atoms with Crippen LogP contribution in [0.2, 0.25) is 0 Å². The minimum absolute atomic E-state index is 0.159. The molecule has 0 unspecified atom stereocenters. The summed E-state index contributed by atoms with van der Waals surface area (Å²) in [6.45, 7) is 4.93. The molecule has 5 heteroatoms. The molecular formula is C18H20BrNO3. The molecule has 2 rings (SSSR count). The van der Waals surface area contributed by atoms with Gasteiger partial charge in [-0.05, 0) is 47.5 Å². The summed E-state index contributed by atoms with van der Waals surface area (Å²) in [6, 6.07) is 11.5. The molecule has 0 bridgehead atoms. The van der Waals surface area contributed by atoms with Gasteiger partial charge in [0.05, 0.1) is 18.2 Å². The van der Waals surface area contributed by atoms with Crippen LogP contribution in [0.5, 0.6) is 11.5 Å². The van der Waals surface area contributed by atoms with E-state index in [1.807, 2.05) is 32.0 Å². The summed E-state index contributed by atoms with van der Waals surface area (Å²) in [7, 11) is 1.55. The molecule has 0 aliphatic heterocycles. The van der Waals surface area contributed by atoms with Crippen LogP contribution in [0, 0.1) is 6.92 Å². The number of halogens is 1. The van der Waals surface area contributed by atoms with Gasteiger partial charge in [-0.15, -0.1) is 0 Å². The molecule has 0 aromatic heterocycles. The number of ether oxygens (including phenoxy) is 2. The van der Waals surface area contributed by atoms with E-state index in [4.69, 9.17) is 9.47 Å². The molecule has 1 amide bonds. The molecule has 0 aliphatic carbocycles. The zero-order valence-corrected chi connectivity index (χ0v) is 15.1. The first-order valence-corrected chi connectivity index (χ1v) is 8.18. The molecule has 0 saturated heterocycles. The molecule has 0 spiro atoms. The Balaban J connectivity index is 2.14. The van der Waals surface area contributed by atoms with E-state index < -0.39 is 0 Å². The number of amides is 1. The van der Waals surface area contributed by atoms with Gasteiger partial charge in [0.1, 0.15) is 0 Å². The molecule has 0 radical (unpaired) electrons. The van der Waals surface area contributed by atoms with Crippen molar-refractivity contribution in [3.63, 3.8) is 0 Å². The highest BCUT2D eigenvalue weighted by molar-refractivity contribution is 9.10. The average Bonchev–Trinajstić information content (AvgIpc) is 2.54. The minimum atomic E-state index is -0.159. The number of methoxy groups -OCH3 is 1. The van der Waals surface area contributed by atoms with Crippen molar-refractivity contribution in [2.75, 3.05) is 13.7 Å². The number of carbonyl (C=O) groups is 1. The molecule has 0 fully saturated rings. The summed E-state index contributed by atoms with van der Waals surface area (Å²) >= 11 is 3.43. The van der Waals surface area contributed by atoms with E-state index in [9.17, 15) is 4.79 Å². The zero-order valence-electron chi connectivity index (χ0n) is 13.5. The van der Waals surface area contributed by atoms with E-state index >= 15 is 0 Å². The SMILES string of the molecule is CCOc1c(Br)cc(C(=O)NCc2cccc(C)c2)cc1OC. The fourth-order valence-electron chi connectivity index (χ4n) is 2.24. The lowest BCUT2D eigenvalue weighted by molar-refractivity contribution is 0.0950. The molecule has 23 heavy (non-hydrogen) atoms. The van der Waals surface area contributed by atoms with Gasteiger partial charge in [0, 0.05) is 12.1 Å². The normalized spacial score (nSPS) is 10.3. The summed E-state index contributed by atoms with van der Waals surface area (Å²) in [5.74, 6) is 0.973. The molecule has 0 atom stereocenters. The quantitative estimate of drug-likeness (QED) is 0.824. The van der Waals surface area contributed by atoms with Crippen LogP contribution in [-0.2, 0) is 6.54 Å². The lowest BCUT2D eigenvalue weighted by atomic mass is 10.1. The van der Waals surface area contributed by atoms with E-state index in [0.29, 0.717) is 34.7 Å². The number of aryl methyl sites for hydroxylation is 1. The highest BCUT2D eigenvalue weighted by Crippen LogP contribution is 2.36. The third-order valence-electron chi connectivity index (χ3n) is 3.32. The Bertz CT molecular complexity index is 701. The second-order valence-corrected chi connectivity index (χ2v) is 5.95. The standard InChI is InChI=1S/C18H20BrNO3/c1-4-23-17-15(19)9-14(10-16(17)22-3)18(21)20-11-13-7-5-6-12(2)8-13/h5-10H,4,11H2,1-3H3,(H,20,21). The Kier molecular flexibility index (Phi) is 6.04. The maximum Gasteiger partial charge on any atom is 0.251 e. The fourth-order valence-corrected chi connectivity index (χ4v) is 2.80. The predicted molar refractivity (Wildman–Crippen MR) is 94.2 cm³/mol. The Labute approximate surface area is 144 Å². The van der Waals surface area contributed by atoms with Gasteiger partial charge in [0.25, 0.3) is 5.91 Å². The van der Waals surface area contributed by atoms with Gasteiger partial charge in [0.2, 0.25) is 0 Å². The van der Waals surface area contributed by atoms with Crippen LogP contribution in [-0.4, -0.2) is 19.6 Å². The minimum Gasteiger partial charge on any atom is -0.493 e. The molecule has 2 aromatic carbocycles. The van der Waals surface area contributed by atoms with Gasteiger partial charge >= 0.3 is 0 Å². The Morgan fingerprint density at radius 1 is 1.26 bits per heavy atom. The monoisotopic (exact) mass is 377 g/mol. The molecule has 0 aliphatic rings. The van der Waals surface area contributed by atoms with Crippen molar-refractivity contribution in [3.8, 4) is 11.5 Å².